The fourth-order valence-corrected chi connectivity index (χ4v) is 4.11. The van der Waals surface area contributed by atoms with E-state index in [2.05, 4.69) is 20.3 Å². The van der Waals surface area contributed by atoms with Crippen molar-refractivity contribution in [3.05, 3.63) is 65.4 Å². The molecule has 0 saturated heterocycles. The molecule has 5 rings (SSSR count). The summed E-state index contributed by atoms with van der Waals surface area (Å²) in [7, 11) is 1.61. The molecule has 8 nitrogen and oxygen atoms in total. The minimum atomic E-state index is -0.488. The van der Waals surface area contributed by atoms with Gasteiger partial charge in [0.15, 0.2) is 11.5 Å². The summed E-state index contributed by atoms with van der Waals surface area (Å²) in [5.41, 5.74) is 2.05. The zero-order valence-electron chi connectivity index (χ0n) is 16.2. The molecule has 10 heteroatoms. The standard InChI is InChI=1S/C21H14ClN5O3S/c1-29-12-2-3-13-15(10-12)23-9-8-16(13)30-11-20-25-24-19-7-4-14(26-27(19)20)17-5-6-18(31-17)21(22)28/h2-10H,11H2,1H3. The van der Waals surface area contributed by atoms with Crippen molar-refractivity contribution in [1.82, 2.24) is 24.8 Å². The monoisotopic (exact) mass is 451 g/mol. The molecular weight excluding hydrogens is 438 g/mol. The average molecular weight is 452 g/mol. The lowest BCUT2D eigenvalue weighted by Gasteiger charge is -2.09. The van der Waals surface area contributed by atoms with Gasteiger partial charge in [0, 0.05) is 17.6 Å². The Kier molecular flexibility index (Phi) is 4.97. The highest BCUT2D eigenvalue weighted by Crippen LogP contribution is 2.29. The molecule has 0 radical (unpaired) electrons. The van der Waals surface area contributed by atoms with E-state index in [-0.39, 0.29) is 6.61 Å². The lowest BCUT2D eigenvalue weighted by atomic mass is 10.2. The molecule has 0 N–H and O–H groups in total. The topological polar surface area (TPSA) is 91.5 Å². The van der Waals surface area contributed by atoms with E-state index in [0.29, 0.717) is 27.8 Å². The Balaban J connectivity index is 1.44. The number of fused-ring (bicyclic) bond motifs is 2. The number of pyridine rings is 1. The number of rotatable bonds is 6. The van der Waals surface area contributed by atoms with Crippen molar-refractivity contribution in [2.75, 3.05) is 7.11 Å². The normalized spacial score (nSPS) is 11.2. The van der Waals surface area contributed by atoms with E-state index in [1.165, 1.54) is 11.3 Å². The first-order chi connectivity index (χ1) is 15.1. The summed E-state index contributed by atoms with van der Waals surface area (Å²) in [4.78, 5) is 17.0. The maximum absolute atomic E-state index is 11.4. The molecule has 0 aliphatic rings. The molecule has 0 atom stereocenters. The molecule has 5 aromatic rings. The number of ether oxygens (including phenoxy) is 2. The summed E-state index contributed by atoms with van der Waals surface area (Å²) in [6.07, 6.45) is 1.68. The SMILES string of the molecule is COc1ccc2c(OCc3nnc4ccc(-c5ccc(C(=O)Cl)s5)nn34)ccnc2c1. The van der Waals surface area contributed by atoms with Gasteiger partial charge in [0.05, 0.1) is 22.4 Å². The Morgan fingerprint density at radius 3 is 2.84 bits per heavy atom. The van der Waals surface area contributed by atoms with Crippen LogP contribution in [0.4, 0.5) is 0 Å². The van der Waals surface area contributed by atoms with Crippen LogP contribution in [0.15, 0.2) is 54.7 Å². The third-order valence-corrected chi connectivity index (χ3v) is 6.07. The molecule has 0 spiro atoms. The molecule has 4 aromatic heterocycles. The molecule has 1 aromatic carbocycles. The van der Waals surface area contributed by atoms with Crippen LogP contribution in [0.2, 0.25) is 0 Å². The van der Waals surface area contributed by atoms with E-state index in [9.17, 15) is 4.79 Å². The molecule has 4 heterocycles. The minimum Gasteiger partial charge on any atom is -0.497 e. The number of benzene rings is 1. The van der Waals surface area contributed by atoms with Gasteiger partial charge in [-0.25, -0.2) is 0 Å². The summed E-state index contributed by atoms with van der Waals surface area (Å²) in [6, 6.07) is 14.5. The Hall–Kier alpha value is -3.56. The molecule has 0 aliphatic carbocycles. The Labute approximate surface area is 185 Å². The number of hydrogen-bond donors (Lipinski definition) is 0. The summed E-state index contributed by atoms with van der Waals surface area (Å²) in [6.45, 7) is 0.165. The number of hydrogen-bond acceptors (Lipinski definition) is 8. The predicted molar refractivity (Wildman–Crippen MR) is 117 cm³/mol. The lowest BCUT2D eigenvalue weighted by Crippen LogP contribution is -2.04. The molecule has 0 fully saturated rings. The van der Waals surface area contributed by atoms with E-state index >= 15 is 0 Å². The second-order valence-corrected chi connectivity index (χ2v) is 7.95. The lowest BCUT2D eigenvalue weighted by molar-refractivity contribution is 0.108. The number of nitrogens with zero attached hydrogens (tertiary/aromatic N) is 5. The number of carbonyl (C=O) groups is 1. The van der Waals surface area contributed by atoms with Crippen molar-refractivity contribution < 1.29 is 14.3 Å². The van der Waals surface area contributed by atoms with Gasteiger partial charge in [0.25, 0.3) is 5.24 Å². The van der Waals surface area contributed by atoms with Crippen molar-refractivity contribution in [2.24, 2.45) is 0 Å². The summed E-state index contributed by atoms with van der Waals surface area (Å²) in [5.74, 6) is 1.94. The van der Waals surface area contributed by atoms with Crippen LogP contribution in [-0.4, -0.2) is 37.1 Å². The van der Waals surface area contributed by atoms with Gasteiger partial charge in [-0.05, 0) is 54.1 Å². The highest BCUT2D eigenvalue weighted by molar-refractivity contribution is 7.18. The van der Waals surface area contributed by atoms with Gasteiger partial charge in [0.2, 0.25) is 0 Å². The van der Waals surface area contributed by atoms with E-state index in [1.54, 1.807) is 30.0 Å². The van der Waals surface area contributed by atoms with Gasteiger partial charge < -0.3 is 9.47 Å². The van der Waals surface area contributed by atoms with E-state index in [0.717, 1.165) is 21.5 Å². The van der Waals surface area contributed by atoms with Crippen LogP contribution in [-0.2, 0) is 6.61 Å². The maximum Gasteiger partial charge on any atom is 0.262 e. The van der Waals surface area contributed by atoms with Crippen LogP contribution >= 0.6 is 22.9 Å². The molecular formula is C21H14ClN5O3S. The fraction of sp³-hybridized carbons (Fsp3) is 0.0952. The Bertz CT molecular complexity index is 1430. The highest BCUT2D eigenvalue weighted by Gasteiger charge is 2.13. The van der Waals surface area contributed by atoms with Gasteiger partial charge in [0.1, 0.15) is 23.8 Å². The number of methoxy groups -OCH3 is 1. The second kappa shape index (κ2) is 7.93. The van der Waals surface area contributed by atoms with Gasteiger partial charge >= 0.3 is 0 Å². The average Bonchev–Trinajstić information content (AvgIpc) is 3.44. The van der Waals surface area contributed by atoms with Gasteiger partial charge in [-0.3, -0.25) is 9.78 Å². The summed E-state index contributed by atoms with van der Waals surface area (Å²) in [5, 5.41) is 13.3. The van der Waals surface area contributed by atoms with Crippen LogP contribution in [0.5, 0.6) is 11.5 Å². The first kappa shape index (κ1) is 19.4. The summed E-state index contributed by atoms with van der Waals surface area (Å²) >= 11 is 6.84. The minimum absolute atomic E-state index is 0.165. The van der Waals surface area contributed by atoms with Crippen LogP contribution in [0.25, 0.3) is 27.1 Å². The van der Waals surface area contributed by atoms with E-state index in [4.69, 9.17) is 21.1 Å². The second-order valence-electron chi connectivity index (χ2n) is 6.52. The van der Waals surface area contributed by atoms with E-state index in [1.807, 2.05) is 36.4 Å². The molecule has 0 aliphatic heterocycles. The van der Waals surface area contributed by atoms with Crippen LogP contribution < -0.4 is 9.47 Å². The number of thiophene rings is 1. The first-order valence-electron chi connectivity index (χ1n) is 9.19. The van der Waals surface area contributed by atoms with Crippen molar-refractivity contribution in [3.8, 4) is 22.1 Å². The molecule has 0 saturated carbocycles. The van der Waals surface area contributed by atoms with Gasteiger partial charge in [-0.2, -0.15) is 9.61 Å². The maximum atomic E-state index is 11.4. The Morgan fingerprint density at radius 2 is 2.03 bits per heavy atom. The van der Waals surface area contributed by atoms with Crippen molar-refractivity contribution in [2.45, 2.75) is 6.61 Å². The van der Waals surface area contributed by atoms with E-state index < -0.39 is 5.24 Å². The Morgan fingerprint density at radius 1 is 1.13 bits per heavy atom. The van der Waals surface area contributed by atoms with Crippen molar-refractivity contribution >= 4 is 44.7 Å². The van der Waals surface area contributed by atoms with Gasteiger partial charge in [-0.15, -0.1) is 21.5 Å². The number of halogens is 1. The van der Waals surface area contributed by atoms with Crippen LogP contribution in [0.3, 0.4) is 0 Å². The third kappa shape index (κ3) is 3.69. The fourth-order valence-electron chi connectivity index (χ4n) is 3.13. The number of carbonyl (C=O) groups excluding carboxylic acids is 1. The zero-order valence-corrected chi connectivity index (χ0v) is 17.7. The number of aromatic nitrogens is 5. The predicted octanol–water partition coefficient (Wildman–Crippen LogP) is 4.37. The molecule has 0 unspecified atom stereocenters. The van der Waals surface area contributed by atoms with Gasteiger partial charge in [-0.1, -0.05) is 0 Å². The largest absolute Gasteiger partial charge is 0.497 e. The van der Waals surface area contributed by atoms with Crippen molar-refractivity contribution in [1.29, 1.82) is 0 Å². The molecule has 154 valence electrons. The molecule has 0 amide bonds. The smallest absolute Gasteiger partial charge is 0.262 e. The first-order valence-corrected chi connectivity index (χ1v) is 10.4. The highest BCUT2D eigenvalue weighted by atomic mass is 35.5. The van der Waals surface area contributed by atoms with Crippen LogP contribution in [0, 0.1) is 0 Å². The molecule has 0 bridgehead atoms. The van der Waals surface area contributed by atoms with Crippen molar-refractivity contribution in [3.63, 3.8) is 0 Å². The quantitative estimate of drug-likeness (QED) is 0.354. The third-order valence-electron chi connectivity index (χ3n) is 4.65. The van der Waals surface area contributed by atoms with Crippen LogP contribution in [0.1, 0.15) is 15.5 Å². The zero-order chi connectivity index (χ0) is 21.4. The summed E-state index contributed by atoms with van der Waals surface area (Å²) < 4.78 is 12.9. The molecule has 31 heavy (non-hydrogen) atoms.